The first kappa shape index (κ1) is 16.3. The molecule has 0 saturated heterocycles. The van der Waals surface area contributed by atoms with Crippen LogP contribution >= 0.6 is 0 Å². The summed E-state index contributed by atoms with van der Waals surface area (Å²) in [7, 11) is 0. The number of benzene rings is 1. The molecule has 20 heavy (non-hydrogen) atoms. The van der Waals surface area contributed by atoms with E-state index >= 15 is 0 Å². The number of non-ortho nitro benzene ring substituents is 1. The number of hydrogen-bond acceptors (Lipinski definition) is 3. The zero-order valence-corrected chi connectivity index (χ0v) is 11.9. The van der Waals surface area contributed by atoms with Crippen LogP contribution in [0, 0.1) is 16.0 Å². The van der Waals surface area contributed by atoms with E-state index in [2.05, 4.69) is 19.2 Å². The maximum Gasteiger partial charge on any atom is 0.270 e. The van der Waals surface area contributed by atoms with E-state index in [0.29, 0.717) is 5.92 Å². The third kappa shape index (κ3) is 4.43. The number of nitrogens with one attached hydrogen (secondary N) is 1. The van der Waals surface area contributed by atoms with Crippen molar-refractivity contribution in [1.82, 2.24) is 0 Å². The van der Waals surface area contributed by atoms with Gasteiger partial charge in [-0.05, 0) is 25.3 Å². The molecule has 0 amide bonds. The number of nitro benzene ring substituents is 1. The zero-order valence-electron chi connectivity index (χ0n) is 11.9. The van der Waals surface area contributed by atoms with Crippen molar-refractivity contribution in [1.29, 1.82) is 0 Å². The van der Waals surface area contributed by atoms with Crippen LogP contribution in [0.5, 0.6) is 0 Å². The molecule has 1 N–H and O–H groups in total. The highest BCUT2D eigenvalue weighted by molar-refractivity contribution is 5.57. The lowest BCUT2D eigenvalue weighted by Gasteiger charge is -2.20. The number of nitro groups is 1. The summed E-state index contributed by atoms with van der Waals surface area (Å²) in [4.78, 5) is 9.97. The van der Waals surface area contributed by atoms with Gasteiger partial charge in [0.25, 0.3) is 12.1 Å². The van der Waals surface area contributed by atoms with Crippen LogP contribution in [0.4, 0.5) is 20.2 Å². The van der Waals surface area contributed by atoms with E-state index in [1.165, 1.54) is 12.1 Å². The molecule has 0 fully saturated rings. The van der Waals surface area contributed by atoms with Crippen molar-refractivity contribution in [2.75, 3.05) is 5.32 Å². The van der Waals surface area contributed by atoms with Crippen molar-refractivity contribution >= 4 is 11.4 Å². The molecule has 0 bridgehead atoms. The van der Waals surface area contributed by atoms with Gasteiger partial charge in [0.2, 0.25) is 0 Å². The minimum Gasteiger partial charge on any atom is -0.382 e. The van der Waals surface area contributed by atoms with Crippen molar-refractivity contribution in [3.8, 4) is 0 Å². The molecular formula is C14H20F2N2O2. The predicted molar refractivity (Wildman–Crippen MR) is 75.2 cm³/mol. The van der Waals surface area contributed by atoms with Gasteiger partial charge in [-0.2, -0.15) is 0 Å². The summed E-state index contributed by atoms with van der Waals surface area (Å²) in [5.74, 6) is 0.491. The zero-order chi connectivity index (χ0) is 15.3. The van der Waals surface area contributed by atoms with Gasteiger partial charge in [0, 0.05) is 29.4 Å². The summed E-state index contributed by atoms with van der Waals surface area (Å²) in [5.41, 5.74) is -0.378. The van der Waals surface area contributed by atoms with Crippen molar-refractivity contribution in [3.05, 3.63) is 33.9 Å². The molecule has 0 aliphatic carbocycles. The van der Waals surface area contributed by atoms with Gasteiger partial charge in [-0.25, -0.2) is 8.78 Å². The topological polar surface area (TPSA) is 55.2 Å². The molecular weight excluding hydrogens is 266 g/mol. The van der Waals surface area contributed by atoms with Gasteiger partial charge in [0.15, 0.2) is 0 Å². The molecule has 0 aliphatic heterocycles. The largest absolute Gasteiger partial charge is 0.382 e. The van der Waals surface area contributed by atoms with Crippen LogP contribution in [0.2, 0.25) is 0 Å². The molecule has 0 heterocycles. The Hall–Kier alpha value is -1.72. The summed E-state index contributed by atoms with van der Waals surface area (Å²) in [6.07, 6.45) is -0.863. The average molecular weight is 286 g/mol. The number of hydrogen-bond donors (Lipinski definition) is 1. The molecule has 0 radical (unpaired) electrons. The molecule has 0 saturated carbocycles. The third-order valence-corrected chi connectivity index (χ3v) is 3.34. The second kappa shape index (κ2) is 7.17. The minimum atomic E-state index is -2.74. The Morgan fingerprint density at radius 1 is 1.35 bits per heavy atom. The van der Waals surface area contributed by atoms with Crippen LogP contribution in [0.15, 0.2) is 18.2 Å². The first-order valence-electron chi connectivity index (χ1n) is 6.68. The lowest BCUT2D eigenvalue weighted by molar-refractivity contribution is -0.385. The molecule has 0 aliphatic rings. The summed E-state index contributed by atoms with van der Waals surface area (Å²) in [5, 5.41) is 13.7. The quantitative estimate of drug-likeness (QED) is 0.580. The number of halogens is 2. The fourth-order valence-electron chi connectivity index (χ4n) is 2.07. The fraction of sp³-hybridized carbons (Fsp3) is 0.571. The number of alkyl halides is 2. The second-order valence-electron chi connectivity index (χ2n) is 5.12. The Morgan fingerprint density at radius 2 is 2.00 bits per heavy atom. The maximum absolute atomic E-state index is 13.0. The van der Waals surface area contributed by atoms with Gasteiger partial charge in [-0.1, -0.05) is 20.3 Å². The van der Waals surface area contributed by atoms with E-state index in [-0.39, 0.29) is 23.0 Å². The van der Waals surface area contributed by atoms with Crippen molar-refractivity contribution in [2.45, 2.75) is 46.1 Å². The highest BCUT2D eigenvalue weighted by Gasteiger charge is 2.19. The van der Waals surface area contributed by atoms with Gasteiger partial charge in [0.1, 0.15) is 0 Å². The Labute approximate surface area is 117 Å². The van der Waals surface area contributed by atoms with Crippen LogP contribution in [0.25, 0.3) is 0 Å². The van der Waals surface area contributed by atoms with E-state index in [9.17, 15) is 18.9 Å². The SMILES string of the molecule is CCC(C)CC(C)Nc1ccc([N+](=O)[O-])cc1C(F)F. The summed E-state index contributed by atoms with van der Waals surface area (Å²) in [6.45, 7) is 6.10. The van der Waals surface area contributed by atoms with Gasteiger partial charge >= 0.3 is 0 Å². The second-order valence-corrected chi connectivity index (χ2v) is 5.12. The molecule has 1 aromatic rings. The number of rotatable bonds is 7. The minimum absolute atomic E-state index is 0.0314. The predicted octanol–water partition coefficient (Wildman–Crippen LogP) is 4.77. The molecule has 112 valence electrons. The average Bonchev–Trinajstić information content (AvgIpc) is 2.38. The Kier molecular flexibility index (Phi) is 5.85. The molecule has 2 atom stereocenters. The summed E-state index contributed by atoms with van der Waals surface area (Å²) in [6, 6.07) is 3.56. The lowest BCUT2D eigenvalue weighted by atomic mass is 10.00. The van der Waals surface area contributed by atoms with E-state index in [0.717, 1.165) is 18.9 Å². The monoisotopic (exact) mass is 286 g/mol. The van der Waals surface area contributed by atoms with Gasteiger partial charge in [0.05, 0.1) is 4.92 Å². The van der Waals surface area contributed by atoms with Crippen molar-refractivity contribution in [3.63, 3.8) is 0 Å². The fourth-order valence-corrected chi connectivity index (χ4v) is 2.07. The molecule has 1 aromatic carbocycles. The highest BCUT2D eigenvalue weighted by Crippen LogP contribution is 2.31. The molecule has 6 heteroatoms. The first-order valence-corrected chi connectivity index (χ1v) is 6.68. The molecule has 4 nitrogen and oxygen atoms in total. The van der Waals surface area contributed by atoms with Crippen LogP contribution in [0.3, 0.4) is 0 Å². The normalized spacial score (nSPS) is 14.1. The summed E-state index contributed by atoms with van der Waals surface area (Å²) < 4.78 is 26.0. The van der Waals surface area contributed by atoms with Crippen molar-refractivity contribution in [2.24, 2.45) is 5.92 Å². The van der Waals surface area contributed by atoms with Crippen LogP contribution in [-0.4, -0.2) is 11.0 Å². The summed E-state index contributed by atoms with van der Waals surface area (Å²) >= 11 is 0. The number of nitrogens with zero attached hydrogens (tertiary/aromatic N) is 1. The Balaban J connectivity index is 2.91. The van der Waals surface area contributed by atoms with Crippen LogP contribution in [0.1, 0.15) is 45.6 Å². The Bertz CT molecular complexity index is 466. The van der Waals surface area contributed by atoms with Crippen LogP contribution in [-0.2, 0) is 0 Å². The highest BCUT2D eigenvalue weighted by atomic mass is 19.3. The number of anilines is 1. The smallest absolute Gasteiger partial charge is 0.270 e. The molecule has 1 rings (SSSR count). The molecule has 0 aromatic heterocycles. The third-order valence-electron chi connectivity index (χ3n) is 3.34. The van der Waals surface area contributed by atoms with E-state index < -0.39 is 11.3 Å². The van der Waals surface area contributed by atoms with Crippen LogP contribution < -0.4 is 5.32 Å². The van der Waals surface area contributed by atoms with E-state index in [1.54, 1.807) is 0 Å². The maximum atomic E-state index is 13.0. The standard InChI is InChI=1S/C14H20F2N2O2/c1-4-9(2)7-10(3)17-13-6-5-11(18(19)20)8-12(13)14(15)16/h5-6,8-10,14,17H,4,7H2,1-3H3. The molecule has 0 spiro atoms. The van der Waals surface area contributed by atoms with E-state index in [1.807, 2.05) is 6.92 Å². The lowest BCUT2D eigenvalue weighted by Crippen LogP contribution is -2.19. The van der Waals surface area contributed by atoms with Crippen molar-refractivity contribution < 1.29 is 13.7 Å². The van der Waals surface area contributed by atoms with Gasteiger partial charge < -0.3 is 5.32 Å². The first-order chi connectivity index (χ1) is 9.35. The Morgan fingerprint density at radius 3 is 2.50 bits per heavy atom. The van der Waals surface area contributed by atoms with Gasteiger partial charge in [-0.3, -0.25) is 10.1 Å². The molecule has 2 unspecified atom stereocenters. The van der Waals surface area contributed by atoms with E-state index in [4.69, 9.17) is 0 Å². The van der Waals surface area contributed by atoms with Gasteiger partial charge in [-0.15, -0.1) is 0 Å².